The van der Waals surface area contributed by atoms with E-state index in [-0.39, 0.29) is 28.9 Å². The van der Waals surface area contributed by atoms with E-state index in [0.29, 0.717) is 39.5 Å². The molecule has 4 rings (SSSR count). The highest BCUT2D eigenvalue weighted by molar-refractivity contribution is 7.90. The minimum atomic E-state index is -3.17. The fourth-order valence-corrected chi connectivity index (χ4v) is 5.74. The molecule has 0 aromatic carbocycles. The molecule has 1 saturated carbocycles. The van der Waals surface area contributed by atoms with Gasteiger partial charge < -0.3 is 4.74 Å². The molecule has 3 atom stereocenters. The second-order valence-electron chi connectivity index (χ2n) is 6.76. The molecule has 124 valence electrons. The van der Waals surface area contributed by atoms with Crippen molar-refractivity contribution in [1.82, 2.24) is 9.37 Å². The molecule has 3 saturated heterocycles. The third-order valence-corrected chi connectivity index (χ3v) is 7.56. The SMILES string of the molecule is O=C([C@@H]1COC[C@H]2CN(S(=O)(=O)C3CC3)C[C@H]21)N1CCCO1. The van der Waals surface area contributed by atoms with Gasteiger partial charge >= 0.3 is 0 Å². The lowest BCUT2D eigenvalue weighted by Gasteiger charge is -2.33. The van der Waals surface area contributed by atoms with E-state index in [0.717, 1.165) is 19.3 Å². The molecule has 0 radical (unpaired) electrons. The van der Waals surface area contributed by atoms with E-state index >= 15 is 0 Å². The van der Waals surface area contributed by atoms with Gasteiger partial charge in [-0.05, 0) is 25.2 Å². The maximum absolute atomic E-state index is 12.6. The van der Waals surface area contributed by atoms with Gasteiger partial charge in [0.2, 0.25) is 10.0 Å². The van der Waals surface area contributed by atoms with Gasteiger partial charge in [-0.2, -0.15) is 0 Å². The molecule has 0 N–H and O–H groups in total. The first-order valence-corrected chi connectivity index (χ1v) is 9.58. The first-order chi connectivity index (χ1) is 10.6. The summed E-state index contributed by atoms with van der Waals surface area (Å²) in [5.41, 5.74) is 0. The van der Waals surface area contributed by atoms with Crippen LogP contribution < -0.4 is 0 Å². The number of ether oxygens (including phenoxy) is 1. The van der Waals surface area contributed by atoms with Gasteiger partial charge in [0.15, 0.2) is 0 Å². The molecule has 1 amide bonds. The third-order valence-electron chi connectivity index (χ3n) is 5.23. The van der Waals surface area contributed by atoms with Crippen LogP contribution in [0.3, 0.4) is 0 Å². The fourth-order valence-electron chi connectivity index (χ4n) is 3.80. The van der Waals surface area contributed by atoms with Crippen molar-refractivity contribution in [2.24, 2.45) is 17.8 Å². The van der Waals surface area contributed by atoms with Gasteiger partial charge in [-0.1, -0.05) is 0 Å². The average Bonchev–Trinajstić information content (AvgIpc) is 3.06. The Bertz CT molecular complexity index is 556. The van der Waals surface area contributed by atoms with E-state index in [1.54, 1.807) is 4.31 Å². The fraction of sp³-hybridized carbons (Fsp3) is 0.929. The maximum Gasteiger partial charge on any atom is 0.251 e. The Morgan fingerprint density at radius 1 is 1.14 bits per heavy atom. The van der Waals surface area contributed by atoms with Crippen LogP contribution in [0.1, 0.15) is 19.3 Å². The molecule has 0 spiro atoms. The number of hydrogen-bond donors (Lipinski definition) is 0. The van der Waals surface area contributed by atoms with Gasteiger partial charge in [0, 0.05) is 19.0 Å². The van der Waals surface area contributed by atoms with Gasteiger partial charge in [0.05, 0.1) is 37.5 Å². The number of hydrogen-bond acceptors (Lipinski definition) is 5. The minimum Gasteiger partial charge on any atom is -0.380 e. The largest absolute Gasteiger partial charge is 0.380 e. The van der Waals surface area contributed by atoms with E-state index in [1.807, 2.05) is 0 Å². The maximum atomic E-state index is 12.6. The van der Waals surface area contributed by atoms with Crippen molar-refractivity contribution < 1.29 is 22.8 Å². The van der Waals surface area contributed by atoms with E-state index in [4.69, 9.17) is 9.57 Å². The normalized spacial score (nSPS) is 36.5. The summed E-state index contributed by atoms with van der Waals surface area (Å²) in [7, 11) is -3.17. The number of nitrogens with zero attached hydrogens (tertiary/aromatic N) is 2. The molecule has 4 aliphatic rings. The molecule has 0 unspecified atom stereocenters. The number of carbonyl (C=O) groups excluding carboxylic acids is 1. The predicted molar refractivity (Wildman–Crippen MR) is 77.1 cm³/mol. The van der Waals surface area contributed by atoms with Gasteiger partial charge in [0.1, 0.15) is 0 Å². The first-order valence-electron chi connectivity index (χ1n) is 8.08. The highest BCUT2D eigenvalue weighted by Gasteiger charge is 2.51. The molecule has 22 heavy (non-hydrogen) atoms. The number of carbonyl (C=O) groups is 1. The van der Waals surface area contributed by atoms with Gasteiger partial charge in [-0.25, -0.2) is 17.8 Å². The van der Waals surface area contributed by atoms with E-state index in [1.165, 1.54) is 5.06 Å². The predicted octanol–water partition coefficient (Wildman–Crippen LogP) is -0.163. The van der Waals surface area contributed by atoms with Crippen molar-refractivity contribution in [2.45, 2.75) is 24.5 Å². The lowest BCUT2D eigenvalue weighted by Crippen LogP contribution is -2.45. The molecule has 0 bridgehead atoms. The van der Waals surface area contributed by atoms with Crippen LogP contribution in [0.2, 0.25) is 0 Å². The van der Waals surface area contributed by atoms with Crippen LogP contribution >= 0.6 is 0 Å². The average molecular weight is 330 g/mol. The summed E-state index contributed by atoms with van der Waals surface area (Å²) in [5, 5.41) is 1.25. The highest BCUT2D eigenvalue weighted by atomic mass is 32.2. The number of sulfonamides is 1. The number of hydroxylamine groups is 2. The van der Waals surface area contributed by atoms with Crippen LogP contribution in [0, 0.1) is 17.8 Å². The Kier molecular flexibility index (Phi) is 3.67. The molecule has 0 aromatic rings. The summed E-state index contributed by atoms with van der Waals surface area (Å²) in [6.07, 6.45) is 2.40. The van der Waals surface area contributed by atoms with Crippen LogP contribution in [-0.4, -0.2) is 68.4 Å². The highest BCUT2D eigenvalue weighted by Crippen LogP contribution is 2.40. The van der Waals surface area contributed by atoms with Crippen molar-refractivity contribution in [3.63, 3.8) is 0 Å². The summed E-state index contributed by atoms with van der Waals surface area (Å²) in [5.74, 6) is -0.146. The number of fused-ring (bicyclic) bond motifs is 1. The van der Waals surface area contributed by atoms with Crippen LogP contribution in [0.25, 0.3) is 0 Å². The van der Waals surface area contributed by atoms with E-state index < -0.39 is 10.0 Å². The van der Waals surface area contributed by atoms with Crippen molar-refractivity contribution in [3.05, 3.63) is 0 Å². The van der Waals surface area contributed by atoms with Crippen LogP contribution in [-0.2, 0) is 24.4 Å². The Labute approximate surface area is 130 Å². The molecular weight excluding hydrogens is 308 g/mol. The molecular formula is C14H22N2O5S. The topological polar surface area (TPSA) is 76.2 Å². The summed E-state index contributed by atoms with van der Waals surface area (Å²) in [6.45, 7) is 3.07. The molecule has 4 fully saturated rings. The minimum absolute atomic E-state index is 0.0436. The first kappa shape index (κ1) is 14.9. The zero-order chi connectivity index (χ0) is 15.3. The van der Waals surface area contributed by atoms with Gasteiger partial charge in [0.25, 0.3) is 5.91 Å². The Balaban J connectivity index is 1.50. The molecule has 7 nitrogen and oxygen atoms in total. The van der Waals surface area contributed by atoms with Crippen molar-refractivity contribution in [3.8, 4) is 0 Å². The monoisotopic (exact) mass is 330 g/mol. The smallest absolute Gasteiger partial charge is 0.251 e. The molecule has 1 aliphatic carbocycles. The summed E-state index contributed by atoms with van der Waals surface area (Å²) in [6, 6.07) is 0. The van der Waals surface area contributed by atoms with Crippen molar-refractivity contribution >= 4 is 15.9 Å². The lowest BCUT2D eigenvalue weighted by molar-refractivity contribution is -0.181. The zero-order valence-corrected chi connectivity index (χ0v) is 13.3. The molecule has 8 heteroatoms. The lowest BCUT2D eigenvalue weighted by atomic mass is 9.82. The Hall–Kier alpha value is -0.700. The quantitative estimate of drug-likeness (QED) is 0.718. The standard InChI is InChI=1S/C14H22N2O5S/c17-14(16-4-1-5-21-16)13-9-20-8-10-6-15(7-12(10)13)22(18,19)11-2-3-11/h10-13H,1-9H2/t10-,12-,13-/m1/s1. The van der Waals surface area contributed by atoms with E-state index in [2.05, 4.69) is 0 Å². The van der Waals surface area contributed by atoms with E-state index in [9.17, 15) is 13.2 Å². The van der Waals surface area contributed by atoms with Crippen LogP contribution in [0.15, 0.2) is 0 Å². The Morgan fingerprint density at radius 3 is 2.64 bits per heavy atom. The van der Waals surface area contributed by atoms with Gasteiger partial charge in [-0.3, -0.25) is 9.63 Å². The second-order valence-corrected chi connectivity index (χ2v) is 8.97. The van der Waals surface area contributed by atoms with Crippen LogP contribution in [0.5, 0.6) is 0 Å². The zero-order valence-electron chi connectivity index (χ0n) is 12.5. The molecule has 3 heterocycles. The second kappa shape index (κ2) is 5.43. The summed E-state index contributed by atoms with van der Waals surface area (Å²) < 4.78 is 32.1. The van der Waals surface area contributed by atoms with Crippen molar-refractivity contribution in [1.29, 1.82) is 0 Å². The summed E-state index contributed by atoms with van der Waals surface area (Å²) in [4.78, 5) is 18.0. The van der Waals surface area contributed by atoms with Crippen molar-refractivity contribution in [2.75, 3.05) is 39.5 Å². The molecule has 0 aromatic heterocycles. The third kappa shape index (κ3) is 2.46. The number of rotatable bonds is 3. The summed E-state index contributed by atoms with van der Waals surface area (Å²) >= 11 is 0. The van der Waals surface area contributed by atoms with Gasteiger partial charge in [-0.15, -0.1) is 0 Å². The molecule has 3 aliphatic heterocycles. The Morgan fingerprint density at radius 2 is 1.95 bits per heavy atom. The number of amides is 1. The van der Waals surface area contributed by atoms with Crippen LogP contribution in [0.4, 0.5) is 0 Å².